The highest BCUT2D eigenvalue weighted by Gasteiger charge is 2.30. The quantitative estimate of drug-likeness (QED) is 0.648. The van der Waals surface area contributed by atoms with E-state index in [1.54, 1.807) is 35.5 Å². The molecule has 4 heterocycles. The molecule has 0 N–H and O–H groups in total. The second-order valence-corrected chi connectivity index (χ2v) is 7.11. The summed E-state index contributed by atoms with van der Waals surface area (Å²) in [6, 6.07) is 3.69. The molecule has 1 aliphatic heterocycles. The topological polar surface area (TPSA) is 76.8 Å². The molecule has 7 nitrogen and oxygen atoms in total. The van der Waals surface area contributed by atoms with Crippen LogP contribution in [0.15, 0.2) is 43.1 Å². The zero-order valence-corrected chi connectivity index (χ0v) is 15.7. The standard InChI is InChI=1S/C19H19ClN6O/c1-13-8-22-23-11-17(13)26-12-16(10-24-26)25-6-2-3-15(19(25)27)7-14-4-5-18(20)21-9-14/h4-5,8-12,15H,2-3,6-7H2,1H3. The van der Waals surface area contributed by atoms with Gasteiger partial charge in [-0.05, 0) is 43.4 Å². The first-order valence-corrected chi connectivity index (χ1v) is 9.24. The van der Waals surface area contributed by atoms with Crippen molar-refractivity contribution in [2.45, 2.75) is 26.2 Å². The molecule has 0 spiro atoms. The van der Waals surface area contributed by atoms with Gasteiger partial charge < -0.3 is 4.90 Å². The number of halogens is 1. The number of piperidine rings is 1. The highest BCUT2D eigenvalue weighted by Crippen LogP contribution is 2.27. The van der Waals surface area contributed by atoms with Gasteiger partial charge in [-0.3, -0.25) is 4.79 Å². The number of aryl methyl sites for hydroxylation is 1. The fourth-order valence-electron chi connectivity index (χ4n) is 3.41. The van der Waals surface area contributed by atoms with Crippen LogP contribution in [0.2, 0.25) is 5.15 Å². The molecule has 0 bridgehead atoms. The lowest BCUT2D eigenvalue weighted by atomic mass is 9.91. The van der Waals surface area contributed by atoms with Crippen LogP contribution in [-0.4, -0.2) is 37.4 Å². The number of nitrogens with zero attached hydrogens (tertiary/aromatic N) is 6. The van der Waals surface area contributed by atoms with E-state index in [4.69, 9.17) is 11.6 Å². The van der Waals surface area contributed by atoms with Crippen LogP contribution in [0, 0.1) is 12.8 Å². The van der Waals surface area contributed by atoms with Crippen molar-refractivity contribution in [3.05, 3.63) is 59.4 Å². The number of hydrogen-bond acceptors (Lipinski definition) is 5. The molecule has 1 fully saturated rings. The van der Waals surface area contributed by atoms with Crippen molar-refractivity contribution in [2.24, 2.45) is 5.92 Å². The van der Waals surface area contributed by atoms with Gasteiger partial charge in [0.25, 0.3) is 0 Å². The van der Waals surface area contributed by atoms with Crippen LogP contribution in [-0.2, 0) is 11.2 Å². The van der Waals surface area contributed by atoms with Gasteiger partial charge in [-0.1, -0.05) is 17.7 Å². The van der Waals surface area contributed by atoms with E-state index < -0.39 is 0 Å². The molecule has 3 aromatic heterocycles. The Morgan fingerprint density at radius 1 is 1.19 bits per heavy atom. The minimum atomic E-state index is -0.0607. The van der Waals surface area contributed by atoms with E-state index in [0.29, 0.717) is 18.1 Å². The van der Waals surface area contributed by atoms with Gasteiger partial charge in [0, 0.05) is 18.7 Å². The van der Waals surface area contributed by atoms with Gasteiger partial charge in [-0.15, -0.1) is 0 Å². The number of carbonyl (C=O) groups excluding carboxylic acids is 1. The summed E-state index contributed by atoms with van der Waals surface area (Å²) in [7, 11) is 0. The van der Waals surface area contributed by atoms with E-state index >= 15 is 0 Å². The molecule has 0 aromatic carbocycles. The zero-order valence-electron chi connectivity index (χ0n) is 14.9. The van der Waals surface area contributed by atoms with Crippen molar-refractivity contribution in [2.75, 3.05) is 11.4 Å². The maximum atomic E-state index is 13.0. The first-order chi connectivity index (χ1) is 13.1. The van der Waals surface area contributed by atoms with Gasteiger partial charge >= 0.3 is 0 Å². The lowest BCUT2D eigenvalue weighted by Crippen LogP contribution is -2.42. The summed E-state index contributed by atoms with van der Waals surface area (Å²) in [5, 5.41) is 12.7. The number of carbonyl (C=O) groups is 1. The van der Waals surface area contributed by atoms with Gasteiger partial charge in [0.05, 0.1) is 36.2 Å². The van der Waals surface area contributed by atoms with Gasteiger partial charge in [-0.2, -0.15) is 15.3 Å². The third-order valence-electron chi connectivity index (χ3n) is 4.85. The second-order valence-electron chi connectivity index (χ2n) is 6.72. The number of aromatic nitrogens is 5. The Kier molecular flexibility index (Phi) is 4.85. The summed E-state index contributed by atoms with van der Waals surface area (Å²) in [5.74, 6) is 0.0646. The van der Waals surface area contributed by atoms with Crippen LogP contribution >= 0.6 is 11.6 Å². The predicted molar refractivity (Wildman–Crippen MR) is 102 cm³/mol. The third kappa shape index (κ3) is 3.68. The van der Waals surface area contributed by atoms with Crippen LogP contribution in [0.5, 0.6) is 0 Å². The minimum Gasteiger partial charge on any atom is -0.309 e. The first-order valence-electron chi connectivity index (χ1n) is 8.86. The molecule has 1 atom stereocenters. The second kappa shape index (κ2) is 7.44. The Hall–Kier alpha value is -2.80. The van der Waals surface area contributed by atoms with Crippen molar-refractivity contribution < 1.29 is 4.79 Å². The lowest BCUT2D eigenvalue weighted by Gasteiger charge is -2.31. The smallest absolute Gasteiger partial charge is 0.230 e. The van der Waals surface area contributed by atoms with E-state index in [9.17, 15) is 4.79 Å². The summed E-state index contributed by atoms with van der Waals surface area (Å²) in [6.45, 7) is 2.65. The van der Waals surface area contributed by atoms with Crippen LogP contribution in [0.3, 0.4) is 0 Å². The molecule has 1 saturated heterocycles. The molecule has 1 unspecified atom stereocenters. The monoisotopic (exact) mass is 382 g/mol. The predicted octanol–water partition coefficient (Wildman–Crippen LogP) is 3.00. The first kappa shape index (κ1) is 17.6. The Morgan fingerprint density at radius 3 is 2.81 bits per heavy atom. The molecular formula is C19H19ClN6O. The van der Waals surface area contributed by atoms with Gasteiger partial charge in [0.15, 0.2) is 0 Å². The van der Waals surface area contributed by atoms with Gasteiger partial charge in [-0.25, -0.2) is 9.67 Å². The molecule has 4 rings (SSSR count). The van der Waals surface area contributed by atoms with Crippen molar-refractivity contribution in [3.8, 4) is 5.69 Å². The minimum absolute atomic E-state index is 0.0607. The Morgan fingerprint density at radius 2 is 2.04 bits per heavy atom. The number of rotatable bonds is 4. The van der Waals surface area contributed by atoms with E-state index in [-0.39, 0.29) is 11.8 Å². The molecule has 0 aliphatic carbocycles. The number of pyridine rings is 1. The van der Waals surface area contributed by atoms with Crippen LogP contribution in [0.25, 0.3) is 5.69 Å². The molecule has 27 heavy (non-hydrogen) atoms. The maximum Gasteiger partial charge on any atom is 0.230 e. The molecule has 0 radical (unpaired) electrons. The number of hydrogen-bond donors (Lipinski definition) is 0. The Balaban J connectivity index is 1.53. The summed E-state index contributed by atoms with van der Waals surface area (Å²) in [6.07, 6.45) is 11.2. The Labute approximate surface area is 162 Å². The van der Waals surface area contributed by atoms with Crippen LogP contribution in [0.4, 0.5) is 5.69 Å². The molecule has 1 aliphatic rings. The van der Waals surface area contributed by atoms with E-state index in [2.05, 4.69) is 20.3 Å². The largest absolute Gasteiger partial charge is 0.309 e. The van der Waals surface area contributed by atoms with Crippen molar-refractivity contribution >= 4 is 23.2 Å². The van der Waals surface area contributed by atoms with Crippen LogP contribution in [0.1, 0.15) is 24.0 Å². The molecule has 8 heteroatoms. The summed E-state index contributed by atoms with van der Waals surface area (Å²) in [5.41, 5.74) is 3.64. The molecule has 3 aromatic rings. The van der Waals surface area contributed by atoms with Crippen molar-refractivity contribution in [1.29, 1.82) is 0 Å². The number of anilines is 1. The molecule has 1 amide bonds. The summed E-state index contributed by atoms with van der Waals surface area (Å²) in [4.78, 5) is 19.0. The van der Waals surface area contributed by atoms with E-state index in [1.165, 1.54) is 0 Å². The maximum absolute atomic E-state index is 13.0. The van der Waals surface area contributed by atoms with E-state index in [1.807, 2.05) is 24.1 Å². The summed E-state index contributed by atoms with van der Waals surface area (Å²) < 4.78 is 1.74. The normalized spacial score (nSPS) is 17.3. The van der Waals surface area contributed by atoms with Crippen molar-refractivity contribution in [3.63, 3.8) is 0 Å². The fraction of sp³-hybridized carbons (Fsp3) is 0.316. The summed E-state index contributed by atoms with van der Waals surface area (Å²) >= 11 is 5.85. The van der Waals surface area contributed by atoms with Gasteiger partial charge in [0.1, 0.15) is 5.15 Å². The Bertz CT molecular complexity index is 955. The number of amides is 1. The zero-order chi connectivity index (χ0) is 18.8. The van der Waals surface area contributed by atoms with E-state index in [0.717, 1.165) is 35.3 Å². The molecule has 0 saturated carbocycles. The third-order valence-corrected chi connectivity index (χ3v) is 5.07. The van der Waals surface area contributed by atoms with Crippen molar-refractivity contribution in [1.82, 2.24) is 25.0 Å². The molecule has 138 valence electrons. The average molecular weight is 383 g/mol. The highest BCUT2D eigenvalue weighted by molar-refractivity contribution is 6.29. The SMILES string of the molecule is Cc1cnncc1-n1cc(N2CCCC(Cc3ccc(Cl)nc3)C2=O)cn1. The fourth-order valence-corrected chi connectivity index (χ4v) is 3.52. The average Bonchev–Trinajstić information content (AvgIpc) is 3.15. The van der Waals surface area contributed by atoms with Gasteiger partial charge in [0.2, 0.25) is 5.91 Å². The molecular weight excluding hydrogens is 364 g/mol. The highest BCUT2D eigenvalue weighted by atomic mass is 35.5. The lowest BCUT2D eigenvalue weighted by molar-refractivity contribution is -0.123. The van der Waals surface area contributed by atoms with Crippen LogP contribution < -0.4 is 4.90 Å².